The Morgan fingerprint density at radius 1 is 0.140 bits per heavy atom. The van der Waals surface area contributed by atoms with Crippen molar-refractivity contribution >= 4 is 142 Å². The Morgan fingerprint density at radius 2 is 0.397 bits per heavy atom. The van der Waals surface area contributed by atoms with Gasteiger partial charge in [0.2, 0.25) is 5.95 Å². The van der Waals surface area contributed by atoms with E-state index in [2.05, 4.69) is 428 Å². The number of para-hydroxylation sites is 9. The Hall–Kier alpha value is -18.5. The summed E-state index contributed by atoms with van der Waals surface area (Å²) < 4.78 is 13.7. The third kappa shape index (κ3) is 13.4. The van der Waals surface area contributed by atoms with Gasteiger partial charge in [-0.25, -0.2) is 19.9 Å². The summed E-state index contributed by atoms with van der Waals surface area (Å²) in [6.45, 7) is 0. The van der Waals surface area contributed by atoms with Crippen LogP contribution in [0.3, 0.4) is 0 Å². The highest BCUT2D eigenvalue weighted by molar-refractivity contribution is 6.16. The maximum atomic E-state index is 5.07. The van der Waals surface area contributed by atoms with Crippen LogP contribution in [-0.4, -0.2) is 57.3 Å². The number of benzene rings is 18. The van der Waals surface area contributed by atoms with Gasteiger partial charge in [0.15, 0.2) is 11.6 Å². The first-order valence-electron chi connectivity index (χ1n) is 45.9. The summed E-state index contributed by atoms with van der Waals surface area (Å²) in [6.07, 6.45) is 6.03. The maximum absolute atomic E-state index is 5.07. The van der Waals surface area contributed by atoms with Crippen LogP contribution in [0.15, 0.2) is 486 Å². The van der Waals surface area contributed by atoms with Crippen molar-refractivity contribution in [2.75, 3.05) is 0 Å². The average Bonchev–Trinajstić information content (AvgIpc) is 1.63. The molecule has 28 aromatic rings. The van der Waals surface area contributed by atoms with Crippen molar-refractivity contribution in [2.24, 2.45) is 0 Å². The molecule has 0 amide bonds. The molecule has 12 heteroatoms. The van der Waals surface area contributed by atoms with Gasteiger partial charge in [-0.05, 0) is 190 Å². The second-order valence-electron chi connectivity index (χ2n) is 34.6. The van der Waals surface area contributed by atoms with Crippen LogP contribution in [0.25, 0.3) is 244 Å². The van der Waals surface area contributed by atoms with Crippen LogP contribution in [-0.2, 0) is 0 Å². The quantitative estimate of drug-likeness (QED) is 0.121. The number of hydrogen-bond acceptors (Lipinski definition) is 6. The number of rotatable bonds is 12. The minimum absolute atomic E-state index is 0.577. The van der Waals surface area contributed by atoms with E-state index in [9.17, 15) is 0 Å². The van der Waals surface area contributed by atoms with Crippen LogP contribution in [0.2, 0.25) is 0 Å². The van der Waals surface area contributed by atoms with E-state index in [0.717, 1.165) is 139 Å². The molecule has 0 radical (unpaired) electrons. The lowest BCUT2D eigenvalue weighted by Crippen LogP contribution is -2.06. The fraction of sp³-hybridized carbons (Fsp3) is 0. The van der Waals surface area contributed by atoms with Gasteiger partial charge in [0.1, 0.15) is 16.9 Å². The van der Waals surface area contributed by atoms with Gasteiger partial charge in [-0.1, -0.05) is 315 Å². The van der Waals surface area contributed by atoms with Crippen molar-refractivity contribution in [1.29, 1.82) is 0 Å². The van der Waals surface area contributed by atoms with Crippen LogP contribution in [0.4, 0.5) is 0 Å². The van der Waals surface area contributed by atoms with E-state index in [-0.39, 0.29) is 0 Å². The van der Waals surface area contributed by atoms with Crippen LogP contribution in [0.5, 0.6) is 0 Å². The van der Waals surface area contributed by atoms with Crippen LogP contribution < -0.4 is 0 Å². The van der Waals surface area contributed by atoms with Gasteiger partial charge in [-0.2, -0.15) is 9.97 Å². The number of fused-ring (bicyclic) bond motifs is 19. The largest absolute Gasteiger partial charge is 0.309 e. The van der Waals surface area contributed by atoms with Crippen molar-refractivity contribution < 1.29 is 0 Å². The van der Waals surface area contributed by atoms with E-state index >= 15 is 0 Å². The predicted octanol–water partition coefficient (Wildman–Crippen LogP) is 31.2. The van der Waals surface area contributed by atoms with Crippen LogP contribution in [0, 0.1) is 0 Å². The summed E-state index contributed by atoms with van der Waals surface area (Å²) in [6, 6.07) is 165. The molecule has 0 bridgehead atoms. The first kappa shape index (κ1) is 78.5. The highest BCUT2D eigenvalue weighted by Crippen LogP contribution is 2.44. The van der Waals surface area contributed by atoms with E-state index < -0.39 is 0 Å². The molecule has 0 saturated carbocycles. The molecule has 0 saturated heterocycles. The first-order chi connectivity index (χ1) is 67.5. The predicted molar refractivity (Wildman–Crippen MR) is 562 cm³/mol. The third-order valence-corrected chi connectivity index (χ3v) is 26.7. The smallest absolute Gasteiger partial charge is 0.238 e. The molecule has 28 rings (SSSR count). The number of pyridine rings is 3. The second-order valence-corrected chi connectivity index (χ2v) is 34.6. The normalized spacial score (nSPS) is 11.7. The molecule has 0 unspecified atom stereocenters. The maximum Gasteiger partial charge on any atom is 0.238 e. The minimum Gasteiger partial charge on any atom is -0.309 e. The monoisotopic (exact) mass is 1740 g/mol. The van der Waals surface area contributed by atoms with Crippen molar-refractivity contribution in [3.05, 3.63) is 486 Å². The zero-order valence-electron chi connectivity index (χ0n) is 73.6. The van der Waals surface area contributed by atoms with Gasteiger partial charge in [0.05, 0.1) is 49.7 Å². The van der Waals surface area contributed by atoms with Crippen molar-refractivity contribution in [2.45, 2.75) is 0 Å². The average molecular weight is 1740 g/mol. The lowest BCUT2D eigenvalue weighted by Gasteiger charge is -2.11. The summed E-state index contributed by atoms with van der Waals surface area (Å²) in [7, 11) is 0. The standard InChI is InChI=1S/C44H28N6.C41H27N3.C39H25N3/c1-4-14-29(15-5-1)41-46-42(30-16-6-2-7-17-30)48-44(47-41)50-39-23-13-10-20-34(39)36-26-31(24-25-40(36)50)32-27-37-35-21-11-12-22-38(35)49(43(37)45-28-32)33-18-8-3-9-19-33;1-3-11-28(12-4-1)29-19-22-33(23-20-29)43-38-17-9-7-15-34(38)36-25-30(21-24-40(36)43)31-26-37-35-16-8-10-18-39(35)44(41(37)42-27-31)32-13-5-2-6-14-32;1-2-12-30(13-3-1)42-37-17-9-7-15-33(37)35-24-29(25-40-39(35)42)28-19-21-38-34(23-28)32-14-6-8-16-36(32)41(38)31-20-18-26-10-4-5-11-27(26)22-31/h1-28H;1-27H;1-25H. The molecular weight excluding hydrogens is 1660 g/mol. The number of aromatic nitrogens is 12. The Labute approximate surface area is 781 Å². The number of hydrogen-bond donors (Lipinski definition) is 0. The Kier molecular flexibility index (Phi) is 19.0. The fourth-order valence-electron chi connectivity index (χ4n) is 20.4. The van der Waals surface area contributed by atoms with Gasteiger partial charge in [-0.15, -0.1) is 0 Å². The van der Waals surface area contributed by atoms with E-state index in [1.807, 2.05) is 85.3 Å². The molecular formula is C124H80N12. The van der Waals surface area contributed by atoms with Gasteiger partial charge < -0.3 is 9.13 Å². The highest BCUT2D eigenvalue weighted by atomic mass is 15.2. The zero-order chi connectivity index (χ0) is 89.7. The third-order valence-electron chi connectivity index (χ3n) is 26.7. The van der Waals surface area contributed by atoms with Gasteiger partial charge in [0.25, 0.3) is 0 Å². The minimum atomic E-state index is 0.577. The first-order valence-corrected chi connectivity index (χ1v) is 45.9. The summed E-state index contributed by atoms with van der Waals surface area (Å²) in [5.74, 6) is 1.84. The van der Waals surface area contributed by atoms with E-state index in [4.69, 9.17) is 29.9 Å². The lowest BCUT2D eigenvalue weighted by molar-refractivity contribution is 0.953. The lowest BCUT2D eigenvalue weighted by atomic mass is 10.0. The summed E-state index contributed by atoms with van der Waals surface area (Å²) in [5, 5.41) is 16.7. The van der Waals surface area contributed by atoms with Crippen molar-refractivity contribution in [1.82, 2.24) is 57.3 Å². The molecule has 0 aliphatic rings. The topological polar surface area (TPSA) is 107 Å². The molecule has 136 heavy (non-hydrogen) atoms. The van der Waals surface area contributed by atoms with E-state index in [0.29, 0.717) is 17.6 Å². The molecule has 0 fully saturated rings. The number of nitrogens with zero attached hydrogens (tertiary/aromatic N) is 12. The fourth-order valence-corrected chi connectivity index (χ4v) is 20.4. The Morgan fingerprint density at radius 3 is 0.779 bits per heavy atom. The Balaban J connectivity index is 0.000000106. The van der Waals surface area contributed by atoms with Gasteiger partial charge in [0, 0.05) is 139 Å². The van der Waals surface area contributed by atoms with E-state index in [1.54, 1.807) is 0 Å². The molecule has 10 aromatic heterocycles. The summed E-state index contributed by atoms with van der Waals surface area (Å²) in [5.41, 5.74) is 29.9. The molecule has 0 atom stereocenters. The second kappa shape index (κ2) is 32.8. The molecule has 0 aliphatic carbocycles. The summed E-state index contributed by atoms with van der Waals surface area (Å²) >= 11 is 0. The van der Waals surface area contributed by atoms with E-state index in [1.165, 1.54) is 87.4 Å². The van der Waals surface area contributed by atoms with Crippen molar-refractivity contribution in [3.63, 3.8) is 0 Å². The zero-order valence-corrected chi connectivity index (χ0v) is 73.6. The molecule has 10 heterocycles. The molecule has 636 valence electrons. The molecule has 0 spiro atoms. The van der Waals surface area contributed by atoms with Crippen LogP contribution >= 0.6 is 0 Å². The molecule has 12 nitrogen and oxygen atoms in total. The van der Waals surface area contributed by atoms with Crippen LogP contribution in [0.1, 0.15) is 0 Å². The molecule has 18 aromatic carbocycles. The summed E-state index contributed by atoms with van der Waals surface area (Å²) in [4.78, 5) is 30.2. The van der Waals surface area contributed by atoms with Gasteiger partial charge >= 0.3 is 0 Å². The molecule has 0 N–H and O–H groups in total. The highest BCUT2D eigenvalue weighted by Gasteiger charge is 2.25. The SMILES string of the molecule is c1ccc(-c2ccc(-n3c4ccccc4c4cc(-c5cnc6c(c5)c5ccccc5n6-c5ccccc5)ccc43)cc2)cc1.c1ccc(-c2nc(-c3ccccc3)nc(-n3c4ccccc4c4cc(-c5cnc6c(c5)c5ccccc5n6-c5ccccc5)ccc43)n2)cc1.c1ccc(-n2c3ccccc3c3cc(-c4ccc5c(c4)c4ccccc4n5-c4ccc5ccccc5c4)cnc32)cc1. The van der Waals surface area contributed by atoms with Crippen molar-refractivity contribution in [3.8, 4) is 102 Å². The van der Waals surface area contributed by atoms with Gasteiger partial charge in [-0.3, -0.25) is 18.3 Å². The molecule has 0 aliphatic heterocycles. The Bertz CT molecular complexity index is 9470.